The molecule has 2 rings (SSSR count). The highest BCUT2D eigenvalue weighted by molar-refractivity contribution is 6.30. The predicted octanol–water partition coefficient (Wildman–Crippen LogP) is 4.83. The fourth-order valence-corrected chi connectivity index (χ4v) is 2.45. The van der Waals surface area contributed by atoms with Crippen molar-refractivity contribution in [1.82, 2.24) is 0 Å². The number of halogens is 1. The maximum atomic E-state index is 9.34. The SMILES string of the molecule is N#CC1(/C=C/c2ccc(Cl)cc2)CCCCC1. The molecule has 1 fully saturated rings. The standard InChI is InChI=1S/C15H16ClN/c16-14-6-4-13(5-7-14)8-11-15(12-17)9-2-1-3-10-15/h4-8,11H,1-3,9-10H2/b11-8+. The summed E-state index contributed by atoms with van der Waals surface area (Å²) in [5, 5.41) is 10.1. The molecule has 0 atom stereocenters. The molecular weight excluding hydrogens is 230 g/mol. The van der Waals surface area contributed by atoms with Gasteiger partial charge < -0.3 is 0 Å². The summed E-state index contributed by atoms with van der Waals surface area (Å²) in [5.74, 6) is 0. The molecule has 0 heterocycles. The molecule has 17 heavy (non-hydrogen) atoms. The Morgan fingerprint density at radius 1 is 1.12 bits per heavy atom. The summed E-state index contributed by atoms with van der Waals surface area (Å²) >= 11 is 5.84. The molecule has 0 radical (unpaired) electrons. The summed E-state index contributed by atoms with van der Waals surface area (Å²) in [6, 6.07) is 10.2. The third-order valence-electron chi connectivity index (χ3n) is 3.43. The van der Waals surface area contributed by atoms with Gasteiger partial charge in [-0.05, 0) is 30.5 Å². The molecule has 0 bridgehead atoms. The van der Waals surface area contributed by atoms with Crippen LogP contribution in [0.5, 0.6) is 0 Å². The lowest BCUT2D eigenvalue weighted by Crippen LogP contribution is -2.18. The van der Waals surface area contributed by atoms with E-state index in [0.29, 0.717) is 0 Å². The van der Waals surface area contributed by atoms with E-state index in [2.05, 4.69) is 12.1 Å². The Morgan fingerprint density at radius 3 is 2.35 bits per heavy atom. The maximum absolute atomic E-state index is 9.34. The van der Waals surface area contributed by atoms with Gasteiger partial charge in [0, 0.05) is 5.02 Å². The zero-order valence-corrected chi connectivity index (χ0v) is 10.6. The van der Waals surface area contributed by atoms with Crippen LogP contribution in [0.4, 0.5) is 0 Å². The van der Waals surface area contributed by atoms with Gasteiger partial charge in [0.2, 0.25) is 0 Å². The van der Waals surface area contributed by atoms with Crippen molar-refractivity contribution in [2.75, 3.05) is 0 Å². The van der Waals surface area contributed by atoms with E-state index in [0.717, 1.165) is 23.4 Å². The molecule has 2 heteroatoms. The number of hydrogen-bond acceptors (Lipinski definition) is 1. The van der Waals surface area contributed by atoms with Crippen LogP contribution in [0.2, 0.25) is 5.02 Å². The Kier molecular flexibility index (Phi) is 3.86. The van der Waals surface area contributed by atoms with Crippen LogP contribution in [-0.2, 0) is 0 Å². The van der Waals surface area contributed by atoms with Crippen LogP contribution >= 0.6 is 11.6 Å². The molecule has 0 N–H and O–H groups in total. The third-order valence-corrected chi connectivity index (χ3v) is 3.69. The first-order chi connectivity index (χ1) is 8.24. The molecule has 1 aliphatic carbocycles. The Balaban J connectivity index is 2.13. The van der Waals surface area contributed by atoms with E-state index in [1.54, 1.807) is 0 Å². The molecule has 0 aliphatic heterocycles. The van der Waals surface area contributed by atoms with Gasteiger partial charge in [-0.2, -0.15) is 5.26 Å². The van der Waals surface area contributed by atoms with Crippen LogP contribution in [0.25, 0.3) is 6.08 Å². The van der Waals surface area contributed by atoms with Gasteiger partial charge in [-0.25, -0.2) is 0 Å². The lowest BCUT2D eigenvalue weighted by atomic mass is 9.75. The number of nitriles is 1. The van der Waals surface area contributed by atoms with Gasteiger partial charge in [-0.3, -0.25) is 0 Å². The van der Waals surface area contributed by atoms with Crippen molar-refractivity contribution >= 4 is 17.7 Å². The van der Waals surface area contributed by atoms with Crippen LogP contribution < -0.4 is 0 Å². The number of rotatable bonds is 2. The molecule has 0 spiro atoms. The highest BCUT2D eigenvalue weighted by Crippen LogP contribution is 2.37. The summed E-state index contributed by atoms with van der Waals surface area (Å²) in [4.78, 5) is 0. The maximum Gasteiger partial charge on any atom is 0.0756 e. The van der Waals surface area contributed by atoms with E-state index < -0.39 is 0 Å². The van der Waals surface area contributed by atoms with Gasteiger partial charge in [0.05, 0.1) is 11.5 Å². The normalized spacial score (nSPS) is 19.1. The van der Waals surface area contributed by atoms with Gasteiger partial charge in [0.25, 0.3) is 0 Å². The van der Waals surface area contributed by atoms with E-state index >= 15 is 0 Å². The van der Waals surface area contributed by atoms with Crippen molar-refractivity contribution in [3.63, 3.8) is 0 Å². The Morgan fingerprint density at radius 2 is 1.76 bits per heavy atom. The predicted molar refractivity (Wildman–Crippen MR) is 71.6 cm³/mol. The largest absolute Gasteiger partial charge is 0.197 e. The highest BCUT2D eigenvalue weighted by Gasteiger charge is 2.28. The molecule has 1 aromatic rings. The Hall–Kier alpha value is -1.26. The smallest absolute Gasteiger partial charge is 0.0756 e. The fourth-order valence-electron chi connectivity index (χ4n) is 2.33. The van der Waals surface area contributed by atoms with Crippen LogP contribution in [0.1, 0.15) is 37.7 Å². The van der Waals surface area contributed by atoms with Gasteiger partial charge in [0.15, 0.2) is 0 Å². The first-order valence-electron chi connectivity index (χ1n) is 6.10. The van der Waals surface area contributed by atoms with Crippen molar-refractivity contribution in [3.05, 3.63) is 40.9 Å². The van der Waals surface area contributed by atoms with E-state index in [1.165, 1.54) is 19.3 Å². The zero-order chi connectivity index (χ0) is 12.1. The van der Waals surface area contributed by atoms with Crippen molar-refractivity contribution in [2.24, 2.45) is 5.41 Å². The van der Waals surface area contributed by atoms with Gasteiger partial charge in [-0.1, -0.05) is 55.1 Å². The van der Waals surface area contributed by atoms with Crippen molar-refractivity contribution in [1.29, 1.82) is 5.26 Å². The van der Waals surface area contributed by atoms with E-state index in [9.17, 15) is 5.26 Å². The summed E-state index contributed by atoms with van der Waals surface area (Å²) < 4.78 is 0. The quantitative estimate of drug-likeness (QED) is 0.732. The molecule has 1 aromatic carbocycles. The Labute approximate surface area is 108 Å². The van der Waals surface area contributed by atoms with Crippen LogP contribution in [0, 0.1) is 16.7 Å². The van der Waals surface area contributed by atoms with Crippen LogP contribution in [0.15, 0.2) is 30.3 Å². The van der Waals surface area contributed by atoms with Gasteiger partial charge >= 0.3 is 0 Å². The van der Waals surface area contributed by atoms with Crippen molar-refractivity contribution in [3.8, 4) is 6.07 Å². The second-order valence-corrected chi connectivity index (χ2v) is 5.15. The van der Waals surface area contributed by atoms with Crippen molar-refractivity contribution < 1.29 is 0 Å². The molecule has 0 amide bonds. The molecule has 0 aromatic heterocycles. The van der Waals surface area contributed by atoms with Crippen LogP contribution in [0.3, 0.4) is 0 Å². The third kappa shape index (κ3) is 3.11. The monoisotopic (exact) mass is 245 g/mol. The number of allylic oxidation sites excluding steroid dienone is 1. The molecule has 88 valence electrons. The molecule has 1 aliphatic rings. The summed E-state index contributed by atoms with van der Waals surface area (Å²) in [6.07, 6.45) is 9.71. The zero-order valence-electron chi connectivity index (χ0n) is 9.82. The second-order valence-electron chi connectivity index (χ2n) is 4.71. The molecular formula is C15H16ClN. The fraction of sp³-hybridized carbons (Fsp3) is 0.400. The minimum atomic E-state index is -0.238. The first kappa shape index (κ1) is 12.2. The second kappa shape index (κ2) is 5.38. The molecule has 1 saturated carbocycles. The summed E-state index contributed by atoms with van der Waals surface area (Å²) in [7, 11) is 0. The van der Waals surface area contributed by atoms with E-state index in [-0.39, 0.29) is 5.41 Å². The average Bonchev–Trinajstić information content (AvgIpc) is 2.39. The minimum absolute atomic E-state index is 0.238. The van der Waals surface area contributed by atoms with Crippen LogP contribution in [-0.4, -0.2) is 0 Å². The van der Waals surface area contributed by atoms with Crippen molar-refractivity contribution in [2.45, 2.75) is 32.1 Å². The van der Waals surface area contributed by atoms with Gasteiger partial charge in [-0.15, -0.1) is 0 Å². The minimum Gasteiger partial charge on any atom is -0.197 e. The lowest BCUT2D eigenvalue weighted by molar-refractivity contribution is 0.337. The van der Waals surface area contributed by atoms with E-state index in [1.807, 2.05) is 30.3 Å². The highest BCUT2D eigenvalue weighted by atomic mass is 35.5. The molecule has 0 saturated heterocycles. The van der Waals surface area contributed by atoms with Gasteiger partial charge in [0.1, 0.15) is 0 Å². The number of nitrogens with zero attached hydrogens (tertiary/aromatic N) is 1. The number of benzene rings is 1. The van der Waals surface area contributed by atoms with E-state index in [4.69, 9.17) is 11.6 Å². The molecule has 1 nitrogen and oxygen atoms in total. The summed E-state index contributed by atoms with van der Waals surface area (Å²) in [5.41, 5.74) is 0.868. The Bertz CT molecular complexity index is 433. The topological polar surface area (TPSA) is 23.8 Å². The summed E-state index contributed by atoms with van der Waals surface area (Å²) in [6.45, 7) is 0. The molecule has 0 unspecified atom stereocenters. The number of hydrogen-bond donors (Lipinski definition) is 0. The average molecular weight is 246 g/mol. The first-order valence-corrected chi connectivity index (χ1v) is 6.48. The lowest BCUT2D eigenvalue weighted by Gasteiger charge is -2.27.